The number of aromatic nitrogens is 1. The molecule has 0 radical (unpaired) electrons. The van der Waals surface area contributed by atoms with Gasteiger partial charge in [0.05, 0.1) is 21.8 Å². The molecule has 98 valence electrons. The summed E-state index contributed by atoms with van der Waals surface area (Å²) >= 11 is 9.08. The molecule has 6 heteroatoms. The van der Waals surface area contributed by atoms with Gasteiger partial charge < -0.3 is 11.1 Å². The number of nitrogens with one attached hydrogen (secondary N) is 1. The summed E-state index contributed by atoms with van der Waals surface area (Å²) in [6.07, 6.45) is 4.25. The molecule has 1 heterocycles. The molecule has 2 rings (SSSR count). The normalized spacial score (nSPS) is 27.2. The smallest absolute Gasteiger partial charge is 0.231 e. The van der Waals surface area contributed by atoms with Gasteiger partial charge in [0.2, 0.25) is 5.91 Å². The summed E-state index contributed by atoms with van der Waals surface area (Å²) in [5, 5.41) is 3.22. The number of halogens is 2. The van der Waals surface area contributed by atoms with Gasteiger partial charge in [-0.2, -0.15) is 0 Å². The van der Waals surface area contributed by atoms with Crippen molar-refractivity contribution in [2.75, 3.05) is 5.32 Å². The first-order chi connectivity index (χ1) is 8.43. The Morgan fingerprint density at radius 1 is 1.72 bits per heavy atom. The maximum Gasteiger partial charge on any atom is 0.231 e. The van der Waals surface area contributed by atoms with Crippen LogP contribution in [0.25, 0.3) is 0 Å². The molecule has 1 aliphatic rings. The van der Waals surface area contributed by atoms with Crippen molar-refractivity contribution in [3.63, 3.8) is 0 Å². The lowest BCUT2D eigenvalue weighted by atomic mass is 9.84. The molecule has 1 aromatic rings. The van der Waals surface area contributed by atoms with Crippen LogP contribution in [0.15, 0.2) is 16.7 Å². The highest BCUT2D eigenvalue weighted by Gasteiger charge is 2.42. The van der Waals surface area contributed by atoms with Crippen LogP contribution in [0, 0.1) is 5.41 Å². The van der Waals surface area contributed by atoms with Crippen LogP contribution in [0.3, 0.4) is 0 Å². The summed E-state index contributed by atoms with van der Waals surface area (Å²) < 4.78 is 0.655. The first-order valence-corrected chi connectivity index (χ1v) is 6.98. The van der Waals surface area contributed by atoms with Crippen molar-refractivity contribution < 1.29 is 4.79 Å². The largest absolute Gasteiger partial charge is 0.327 e. The minimum atomic E-state index is -0.494. The fourth-order valence-corrected chi connectivity index (χ4v) is 2.69. The standard InChI is InChI=1S/C12H15BrClN3O/c1-12(4-2-3-9(12)15)11(18)17-7-5-8(13)10(14)16-6-7/h5-6,9H,2-4,15H2,1H3,(H,17,18). The van der Waals surface area contributed by atoms with Gasteiger partial charge in [-0.25, -0.2) is 4.98 Å². The van der Waals surface area contributed by atoms with E-state index in [9.17, 15) is 4.79 Å². The lowest BCUT2D eigenvalue weighted by Gasteiger charge is -2.27. The van der Waals surface area contributed by atoms with Crippen LogP contribution < -0.4 is 11.1 Å². The number of hydrogen-bond donors (Lipinski definition) is 2. The van der Waals surface area contributed by atoms with Gasteiger partial charge in [-0.1, -0.05) is 18.0 Å². The summed E-state index contributed by atoms with van der Waals surface area (Å²) in [7, 11) is 0. The van der Waals surface area contributed by atoms with E-state index in [4.69, 9.17) is 17.3 Å². The maximum atomic E-state index is 12.3. The molecule has 1 amide bonds. The van der Waals surface area contributed by atoms with Crippen LogP contribution in [0.1, 0.15) is 26.2 Å². The third kappa shape index (κ3) is 2.53. The Morgan fingerprint density at radius 3 is 3.00 bits per heavy atom. The summed E-state index contributed by atoms with van der Waals surface area (Å²) in [4.78, 5) is 16.2. The van der Waals surface area contributed by atoms with E-state index in [1.54, 1.807) is 6.07 Å². The Labute approximate surface area is 119 Å². The van der Waals surface area contributed by atoms with E-state index in [0.717, 1.165) is 19.3 Å². The summed E-state index contributed by atoms with van der Waals surface area (Å²) in [6, 6.07) is 1.65. The van der Waals surface area contributed by atoms with E-state index in [0.29, 0.717) is 15.3 Å². The van der Waals surface area contributed by atoms with E-state index in [2.05, 4.69) is 26.2 Å². The summed E-state index contributed by atoms with van der Waals surface area (Å²) in [5.41, 5.74) is 6.14. The second-order valence-electron chi connectivity index (χ2n) is 4.87. The van der Waals surface area contributed by atoms with Crippen molar-refractivity contribution >= 4 is 39.1 Å². The zero-order valence-corrected chi connectivity index (χ0v) is 12.4. The number of carbonyl (C=O) groups excluding carboxylic acids is 1. The van der Waals surface area contributed by atoms with Crippen LogP contribution in [0.5, 0.6) is 0 Å². The average molecular weight is 333 g/mol. The predicted octanol–water partition coefficient (Wildman–Crippen LogP) is 2.95. The van der Waals surface area contributed by atoms with Crippen molar-refractivity contribution in [1.82, 2.24) is 4.98 Å². The highest BCUT2D eigenvalue weighted by Crippen LogP contribution is 2.37. The molecule has 0 aliphatic heterocycles. The highest BCUT2D eigenvalue weighted by atomic mass is 79.9. The quantitative estimate of drug-likeness (QED) is 0.818. The van der Waals surface area contributed by atoms with Gasteiger partial charge in [-0.15, -0.1) is 0 Å². The SMILES string of the molecule is CC1(C(=O)Nc2cnc(Cl)c(Br)c2)CCCC1N. The van der Waals surface area contributed by atoms with Crippen molar-refractivity contribution in [2.24, 2.45) is 11.1 Å². The maximum absolute atomic E-state index is 12.3. The van der Waals surface area contributed by atoms with Gasteiger partial charge in [-0.05, 0) is 41.8 Å². The lowest BCUT2D eigenvalue weighted by Crippen LogP contribution is -2.44. The molecule has 18 heavy (non-hydrogen) atoms. The van der Waals surface area contributed by atoms with E-state index in [-0.39, 0.29) is 11.9 Å². The van der Waals surface area contributed by atoms with Crippen molar-refractivity contribution in [3.05, 3.63) is 21.9 Å². The predicted molar refractivity (Wildman–Crippen MR) is 75.5 cm³/mol. The number of nitrogens with two attached hydrogens (primary N) is 1. The first-order valence-electron chi connectivity index (χ1n) is 5.81. The van der Waals surface area contributed by atoms with E-state index in [1.165, 1.54) is 6.20 Å². The Morgan fingerprint density at radius 2 is 2.44 bits per heavy atom. The molecule has 0 aromatic carbocycles. The summed E-state index contributed by atoms with van der Waals surface area (Å²) in [6.45, 7) is 1.92. The average Bonchev–Trinajstić information content (AvgIpc) is 2.66. The molecule has 2 unspecified atom stereocenters. The van der Waals surface area contributed by atoms with Crippen LogP contribution in [-0.2, 0) is 4.79 Å². The Kier molecular flexibility index (Phi) is 3.94. The molecule has 2 atom stereocenters. The number of nitrogens with zero attached hydrogens (tertiary/aromatic N) is 1. The molecule has 0 spiro atoms. The van der Waals surface area contributed by atoms with Gasteiger partial charge in [0.1, 0.15) is 5.15 Å². The third-order valence-corrected chi connectivity index (χ3v) is 4.74. The Bertz CT molecular complexity index is 482. The van der Waals surface area contributed by atoms with Crippen molar-refractivity contribution in [1.29, 1.82) is 0 Å². The van der Waals surface area contributed by atoms with Crippen LogP contribution >= 0.6 is 27.5 Å². The van der Waals surface area contributed by atoms with Crippen molar-refractivity contribution in [3.8, 4) is 0 Å². The molecule has 0 saturated heterocycles. The monoisotopic (exact) mass is 331 g/mol. The fourth-order valence-electron chi connectivity index (χ4n) is 2.24. The molecule has 1 fully saturated rings. The number of carbonyl (C=O) groups is 1. The van der Waals surface area contributed by atoms with Gasteiger partial charge in [0.15, 0.2) is 0 Å². The second kappa shape index (κ2) is 5.15. The van der Waals surface area contributed by atoms with Crippen LogP contribution in [0.4, 0.5) is 5.69 Å². The number of anilines is 1. The Balaban J connectivity index is 2.14. The van der Waals surface area contributed by atoms with E-state index < -0.39 is 5.41 Å². The second-order valence-corrected chi connectivity index (χ2v) is 6.08. The molecule has 0 bridgehead atoms. The minimum absolute atomic E-state index is 0.0523. The number of pyridine rings is 1. The van der Waals surface area contributed by atoms with Gasteiger partial charge in [-0.3, -0.25) is 4.79 Å². The molecule has 3 N–H and O–H groups in total. The molecule has 4 nitrogen and oxygen atoms in total. The van der Waals surface area contributed by atoms with Gasteiger partial charge in [0.25, 0.3) is 0 Å². The first kappa shape index (κ1) is 13.8. The number of amides is 1. The van der Waals surface area contributed by atoms with Gasteiger partial charge >= 0.3 is 0 Å². The van der Waals surface area contributed by atoms with Gasteiger partial charge in [0, 0.05) is 6.04 Å². The lowest BCUT2D eigenvalue weighted by molar-refractivity contribution is -0.125. The van der Waals surface area contributed by atoms with Crippen LogP contribution in [0.2, 0.25) is 5.15 Å². The van der Waals surface area contributed by atoms with E-state index in [1.807, 2.05) is 6.92 Å². The topological polar surface area (TPSA) is 68.0 Å². The number of hydrogen-bond acceptors (Lipinski definition) is 3. The summed E-state index contributed by atoms with van der Waals surface area (Å²) in [5.74, 6) is -0.0523. The van der Waals surface area contributed by atoms with E-state index >= 15 is 0 Å². The molecule has 1 saturated carbocycles. The Hall–Kier alpha value is -0.650. The minimum Gasteiger partial charge on any atom is -0.327 e. The van der Waals surface area contributed by atoms with Crippen molar-refractivity contribution in [2.45, 2.75) is 32.2 Å². The highest BCUT2D eigenvalue weighted by molar-refractivity contribution is 9.10. The third-order valence-electron chi connectivity index (χ3n) is 3.60. The molecule has 1 aliphatic carbocycles. The number of rotatable bonds is 2. The molecule has 1 aromatic heterocycles. The zero-order valence-electron chi connectivity index (χ0n) is 10.0. The molecular formula is C12H15BrClN3O. The zero-order chi connectivity index (χ0) is 13.3. The fraction of sp³-hybridized carbons (Fsp3) is 0.500. The molecular weight excluding hydrogens is 318 g/mol. The van der Waals surface area contributed by atoms with Crippen LogP contribution in [-0.4, -0.2) is 16.9 Å².